The fourth-order valence-electron chi connectivity index (χ4n) is 1.34. The van der Waals surface area contributed by atoms with Crippen LogP contribution in [0.1, 0.15) is 27.7 Å². The third-order valence-electron chi connectivity index (χ3n) is 2.18. The van der Waals surface area contributed by atoms with E-state index >= 15 is 0 Å². The molecule has 6 heteroatoms. The number of amides is 1. The Morgan fingerprint density at radius 2 is 1.82 bits per heavy atom. The number of aliphatic carboxylic acids is 1. The number of carbonyl (C=O) groups excluding carboxylic acids is 1. The van der Waals surface area contributed by atoms with E-state index in [9.17, 15) is 9.59 Å². The van der Waals surface area contributed by atoms with Crippen molar-refractivity contribution in [2.75, 3.05) is 13.7 Å². The number of hydrogen-bond donors (Lipinski definition) is 2. The summed E-state index contributed by atoms with van der Waals surface area (Å²) in [5.41, 5.74) is -0.684. The van der Waals surface area contributed by atoms with Crippen molar-refractivity contribution in [1.29, 1.82) is 0 Å². The maximum Gasteiger partial charge on any atom is 0.410 e. The lowest BCUT2D eigenvalue weighted by molar-refractivity contribution is -0.145. The molecule has 0 aromatic carbocycles. The molecule has 0 spiro atoms. The summed E-state index contributed by atoms with van der Waals surface area (Å²) in [5, 5.41) is 18.0. The van der Waals surface area contributed by atoms with Gasteiger partial charge in [-0.2, -0.15) is 0 Å². The predicted octanol–water partition coefficient (Wildman–Crippen LogP) is 0.935. The Balaban J connectivity index is 4.79. The van der Waals surface area contributed by atoms with E-state index in [0.29, 0.717) is 0 Å². The van der Waals surface area contributed by atoms with E-state index in [1.54, 1.807) is 27.7 Å². The number of rotatable bonds is 4. The van der Waals surface area contributed by atoms with Gasteiger partial charge in [0.1, 0.15) is 11.6 Å². The van der Waals surface area contributed by atoms with E-state index in [0.717, 1.165) is 4.90 Å². The second-order valence-electron chi connectivity index (χ2n) is 5.03. The number of aliphatic hydroxyl groups is 1. The zero-order valence-electron chi connectivity index (χ0n) is 10.9. The lowest BCUT2D eigenvalue weighted by Crippen LogP contribution is -2.48. The van der Waals surface area contributed by atoms with Gasteiger partial charge in [-0.05, 0) is 20.8 Å². The molecule has 0 bridgehead atoms. The van der Waals surface area contributed by atoms with Crippen LogP contribution in [0.4, 0.5) is 4.79 Å². The lowest BCUT2D eigenvalue weighted by Gasteiger charge is -2.30. The number of hydrogen-bond acceptors (Lipinski definition) is 4. The molecule has 2 N–H and O–H groups in total. The molecule has 0 aliphatic rings. The van der Waals surface area contributed by atoms with Gasteiger partial charge in [-0.15, -0.1) is 0 Å². The quantitative estimate of drug-likeness (QED) is 0.771. The van der Waals surface area contributed by atoms with Crippen molar-refractivity contribution < 1.29 is 24.5 Å². The van der Waals surface area contributed by atoms with Crippen molar-refractivity contribution in [1.82, 2.24) is 4.90 Å². The van der Waals surface area contributed by atoms with Gasteiger partial charge in [0.2, 0.25) is 0 Å². The first-order valence-corrected chi connectivity index (χ1v) is 5.39. The Kier molecular flexibility index (Phi) is 5.41. The summed E-state index contributed by atoms with van der Waals surface area (Å²) in [7, 11) is 1.35. The molecular weight excluding hydrogens is 226 g/mol. The Morgan fingerprint density at radius 3 is 2.12 bits per heavy atom. The van der Waals surface area contributed by atoms with Gasteiger partial charge in [-0.25, -0.2) is 9.59 Å². The third kappa shape index (κ3) is 5.04. The van der Waals surface area contributed by atoms with Gasteiger partial charge in [0.15, 0.2) is 0 Å². The van der Waals surface area contributed by atoms with Gasteiger partial charge in [0.25, 0.3) is 0 Å². The van der Waals surface area contributed by atoms with Crippen molar-refractivity contribution >= 4 is 12.1 Å². The molecule has 0 aliphatic carbocycles. The van der Waals surface area contributed by atoms with E-state index in [-0.39, 0.29) is 6.61 Å². The SMILES string of the molecule is C[C@@H](CO)[C@@H](C(=O)O)N(C)C(=O)OC(C)(C)C. The van der Waals surface area contributed by atoms with Gasteiger partial charge >= 0.3 is 12.1 Å². The first kappa shape index (κ1) is 15.7. The first-order chi connectivity index (χ1) is 7.60. The van der Waals surface area contributed by atoms with E-state index in [2.05, 4.69) is 0 Å². The molecule has 17 heavy (non-hydrogen) atoms. The molecule has 0 aromatic heterocycles. The van der Waals surface area contributed by atoms with E-state index in [1.807, 2.05) is 0 Å². The number of ether oxygens (including phenoxy) is 1. The molecular formula is C11H21NO5. The fraction of sp³-hybridized carbons (Fsp3) is 0.818. The van der Waals surface area contributed by atoms with Crippen molar-refractivity contribution in [3.05, 3.63) is 0 Å². The summed E-state index contributed by atoms with van der Waals surface area (Å²) in [6, 6.07) is -1.10. The predicted molar refractivity (Wildman–Crippen MR) is 61.7 cm³/mol. The van der Waals surface area contributed by atoms with Crippen molar-refractivity contribution in [3.63, 3.8) is 0 Å². The molecule has 1 amide bonds. The van der Waals surface area contributed by atoms with Crippen LogP contribution in [0.15, 0.2) is 0 Å². The highest BCUT2D eigenvalue weighted by Crippen LogP contribution is 2.15. The van der Waals surface area contributed by atoms with Crippen LogP contribution in [0.25, 0.3) is 0 Å². The Labute approximate surface area is 101 Å². The molecule has 0 aliphatic heterocycles. The maximum atomic E-state index is 11.7. The van der Waals surface area contributed by atoms with Crippen LogP contribution in [0.5, 0.6) is 0 Å². The van der Waals surface area contributed by atoms with Gasteiger partial charge in [-0.1, -0.05) is 6.92 Å². The summed E-state index contributed by atoms with van der Waals surface area (Å²) in [6.45, 7) is 6.34. The minimum Gasteiger partial charge on any atom is -0.480 e. The molecule has 0 fully saturated rings. The topological polar surface area (TPSA) is 87.1 Å². The highest BCUT2D eigenvalue weighted by Gasteiger charge is 2.33. The van der Waals surface area contributed by atoms with Gasteiger partial charge < -0.3 is 14.9 Å². The lowest BCUT2D eigenvalue weighted by atomic mass is 10.0. The zero-order valence-corrected chi connectivity index (χ0v) is 10.9. The van der Waals surface area contributed by atoms with E-state index in [4.69, 9.17) is 14.9 Å². The van der Waals surface area contributed by atoms with Gasteiger partial charge in [0.05, 0.1) is 0 Å². The second kappa shape index (κ2) is 5.86. The second-order valence-corrected chi connectivity index (χ2v) is 5.03. The minimum atomic E-state index is -1.17. The molecule has 0 saturated carbocycles. The third-order valence-corrected chi connectivity index (χ3v) is 2.18. The normalized spacial score (nSPS) is 14.9. The first-order valence-electron chi connectivity index (χ1n) is 5.39. The maximum absolute atomic E-state index is 11.7. The zero-order chi connectivity index (χ0) is 13.8. The molecule has 0 aromatic rings. The summed E-state index contributed by atoms with van der Waals surface area (Å²) in [6.07, 6.45) is -0.717. The largest absolute Gasteiger partial charge is 0.480 e. The average Bonchev–Trinajstić information content (AvgIpc) is 2.14. The minimum absolute atomic E-state index is 0.315. The average molecular weight is 247 g/mol. The molecule has 0 rings (SSSR count). The highest BCUT2D eigenvalue weighted by molar-refractivity contribution is 5.80. The Hall–Kier alpha value is -1.30. The van der Waals surface area contributed by atoms with Crippen LogP contribution in [0.2, 0.25) is 0 Å². The number of carboxylic acids is 1. The summed E-state index contributed by atoms with van der Waals surface area (Å²) >= 11 is 0. The van der Waals surface area contributed by atoms with Crippen molar-refractivity contribution in [2.24, 2.45) is 5.92 Å². The van der Waals surface area contributed by atoms with E-state index < -0.39 is 29.6 Å². The Bertz CT molecular complexity index is 284. The van der Waals surface area contributed by atoms with Crippen LogP contribution in [0.3, 0.4) is 0 Å². The summed E-state index contributed by atoms with van der Waals surface area (Å²) in [5.74, 6) is -1.73. The number of aliphatic hydroxyl groups excluding tert-OH is 1. The molecule has 100 valence electrons. The number of carboxylic acid groups (broad SMARTS) is 1. The number of carbonyl (C=O) groups is 2. The standard InChI is InChI=1S/C11H21NO5/c1-7(6-13)8(9(14)15)12(5)10(16)17-11(2,3)4/h7-8,13H,6H2,1-5H3,(H,14,15)/t7-,8-/m0/s1. The molecule has 0 saturated heterocycles. The fourth-order valence-corrected chi connectivity index (χ4v) is 1.34. The van der Waals surface area contributed by atoms with E-state index in [1.165, 1.54) is 7.05 Å². The van der Waals surface area contributed by atoms with Gasteiger partial charge in [-0.3, -0.25) is 4.90 Å². The molecule has 0 radical (unpaired) electrons. The summed E-state index contributed by atoms with van der Waals surface area (Å²) < 4.78 is 5.07. The molecule has 0 unspecified atom stereocenters. The van der Waals surface area contributed by atoms with Crippen molar-refractivity contribution in [3.8, 4) is 0 Å². The van der Waals surface area contributed by atoms with Gasteiger partial charge in [0, 0.05) is 19.6 Å². The molecule has 0 heterocycles. The summed E-state index contributed by atoms with van der Waals surface area (Å²) in [4.78, 5) is 23.7. The van der Waals surface area contributed by atoms with Crippen LogP contribution < -0.4 is 0 Å². The highest BCUT2D eigenvalue weighted by atomic mass is 16.6. The Morgan fingerprint density at radius 1 is 1.35 bits per heavy atom. The van der Waals surface area contributed by atoms with Crippen molar-refractivity contribution in [2.45, 2.75) is 39.3 Å². The van der Waals surface area contributed by atoms with Crippen LogP contribution >= 0.6 is 0 Å². The number of likely N-dealkylation sites (N-methyl/N-ethyl adjacent to an activating group) is 1. The van der Waals surface area contributed by atoms with Crippen LogP contribution in [-0.4, -0.2) is 52.5 Å². The smallest absolute Gasteiger partial charge is 0.410 e. The van der Waals surface area contributed by atoms with Crippen LogP contribution in [0, 0.1) is 5.92 Å². The van der Waals surface area contributed by atoms with Crippen LogP contribution in [-0.2, 0) is 9.53 Å². The molecule has 2 atom stereocenters. The number of nitrogens with zero attached hydrogens (tertiary/aromatic N) is 1. The monoisotopic (exact) mass is 247 g/mol. The molecule has 6 nitrogen and oxygen atoms in total.